The number of ether oxygens (including phenoxy) is 5. The van der Waals surface area contributed by atoms with Crippen LogP contribution in [-0.2, 0) is 17.8 Å². The van der Waals surface area contributed by atoms with Crippen molar-refractivity contribution in [2.75, 3.05) is 33.7 Å². The first-order chi connectivity index (χ1) is 14.2. The van der Waals surface area contributed by atoms with Crippen molar-refractivity contribution >= 4 is 0 Å². The summed E-state index contributed by atoms with van der Waals surface area (Å²) in [7, 11) is 1.68. The topological polar surface area (TPSA) is 49.4 Å². The molecule has 0 bridgehead atoms. The summed E-state index contributed by atoms with van der Waals surface area (Å²) < 4.78 is 28.1. The van der Waals surface area contributed by atoms with Crippen LogP contribution in [0, 0.1) is 0 Å². The minimum absolute atomic E-state index is 0.286. The molecule has 2 aromatic carbocycles. The van der Waals surface area contributed by atoms with Crippen molar-refractivity contribution in [3.05, 3.63) is 47.5 Å². The quantitative estimate of drug-likeness (QED) is 0.635. The first kappa shape index (κ1) is 19.9. The molecular weight excluding hydrogens is 370 g/mol. The summed E-state index contributed by atoms with van der Waals surface area (Å²) in [5.41, 5.74) is 2.38. The van der Waals surface area contributed by atoms with E-state index in [0.29, 0.717) is 13.4 Å². The van der Waals surface area contributed by atoms with Gasteiger partial charge in [0.2, 0.25) is 6.79 Å². The van der Waals surface area contributed by atoms with Crippen molar-refractivity contribution in [1.29, 1.82) is 0 Å². The van der Waals surface area contributed by atoms with Crippen LogP contribution in [0.4, 0.5) is 0 Å². The monoisotopic (exact) mass is 399 g/mol. The summed E-state index contributed by atoms with van der Waals surface area (Å²) in [5, 5.41) is 0. The molecule has 156 valence electrons. The van der Waals surface area contributed by atoms with Gasteiger partial charge in [-0.05, 0) is 55.2 Å². The van der Waals surface area contributed by atoms with Gasteiger partial charge < -0.3 is 23.7 Å². The van der Waals surface area contributed by atoms with Crippen molar-refractivity contribution in [1.82, 2.24) is 4.90 Å². The second-order valence-corrected chi connectivity index (χ2v) is 7.41. The molecule has 2 heterocycles. The molecule has 0 radical (unpaired) electrons. The molecule has 1 unspecified atom stereocenters. The third kappa shape index (κ3) is 4.95. The van der Waals surface area contributed by atoms with E-state index in [2.05, 4.69) is 29.2 Å². The number of hydrogen-bond acceptors (Lipinski definition) is 6. The van der Waals surface area contributed by atoms with Crippen LogP contribution in [0.1, 0.15) is 30.9 Å². The van der Waals surface area contributed by atoms with E-state index in [4.69, 9.17) is 23.7 Å². The van der Waals surface area contributed by atoms with Crippen molar-refractivity contribution in [3.63, 3.8) is 0 Å². The van der Waals surface area contributed by atoms with E-state index in [0.717, 1.165) is 62.1 Å². The summed E-state index contributed by atoms with van der Waals surface area (Å²) in [6, 6.07) is 12.3. The van der Waals surface area contributed by atoms with Gasteiger partial charge in [0.05, 0.1) is 19.8 Å². The number of fused-ring (bicyclic) bond motifs is 1. The first-order valence-corrected chi connectivity index (χ1v) is 10.3. The van der Waals surface area contributed by atoms with Gasteiger partial charge in [-0.3, -0.25) is 4.90 Å². The predicted molar refractivity (Wildman–Crippen MR) is 110 cm³/mol. The largest absolute Gasteiger partial charge is 0.493 e. The second kappa shape index (κ2) is 9.37. The Labute approximate surface area is 172 Å². The Morgan fingerprint density at radius 3 is 2.55 bits per heavy atom. The Bertz CT molecular complexity index is 819. The highest BCUT2D eigenvalue weighted by atomic mass is 16.7. The second-order valence-electron chi connectivity index (χ2n) is 7.41. The molecule has 1 saturated heterocycles. The Morgan fingerprint density at radius 1 is 1.00 bits per heavy atom. The average Bonchev–Trinajstić information content (AvgIpc) is 3.40. The Hall–Kier alpha value is -2.44. The molecule has 4 rings (SSSR count). The highest BCUT2D eigenvalue weighted by Crippen LogP contribution is 2.33. The molecule has 0 saturated carbocycles. The van der Waals surface area contributed by atoms with Crippen LogP contribution in [0.5, 0.6) is 23.0 Å². The summed E-state index contributed by atoms with van der Waals surface area (Å²) >= 11 is 0. The maximum Gasteiger partial charge on any atom is 0.231 e. The fraction of sp³-hybridized carbons (Fsp3) is 0.478. The smallest absolute Gasteiger partial charge is 0.231 e. The number of rotatable bonds is 9. The van der Waals surface area contributed by atoms with Gasteiger partial charge in [-0.1, -0.05) is 12.1 Å². The van der Waals surface area contributed by atoms with E-state index in [9.17, 15) is 0 Å². The summed E-state index contributed by atoms with van der Waals surface area (Å²) in [4.78, 5) is 2.42. The molecule has 2 aliphatic heterocycles. The van der Waals surface area contributed by atoms with Gasteiger partial charge in [0.15, 0.2) is 23.0 Å². The van der Waals surface area contributed by atoms with Crippen LogP contribution in [-0.4, -0.2) is 44.7 Å². The normalized spacial score (nSPS) is 17.7. The number of methoxy groups -OCH3 is 1. The lowest BCUT2D eigenvalue weighted by Crippen LogP contribution is -2.31. The van der Waals surface area contributed by atoms with Gasteiger partial charge in [-0.2, -0.15) is 0 Å². The van der Waals surface area contributed by atoms with Crippen molar-refractivity contribution in [2.24, 2.45) is 0 Å². The predicted octanol–water partition coefficient (Wildman–Crippen LogP) is 4.00. The van der Waals surface area contributed by atoms with Gasteiger partial charge in [-0.25, -0.2) is 0 Å². The zero-order chi connectivity index (χ0) is 20.1. The third-order valence-electron chi connectivity index (χ3n) is 5.26. The van der Waals surface area contributed by atoms with Crippen molar-refractivity contribution in [2.45, 2.75) is 39.0 Å². The summed E-state index contributed by atoms with van der Waals surface area (Å²) in [5.74, 6) is 3.18. The van der Waals surface area contributed by atoms with Gasteiger partial charge in [0, 0.05) is 26.2 Å². The van der Waals surface area contributed by atoms with E-state index in [1.54, 1.807) is 7.11 Å². The van der Waals surface area contributed by atoms with E-state index in [1.165, 1.54) is 11.1 Å². The highest BCUT2D eigenvalue weighted by molar-refractivity contribution is 5.45. The van der Waals surface area contributed by atoms with Gasteiger partial charge in [0.1, 0.15) is 0 Å². The average molecular weight is 399 g/mol. The van der Waals surface area contributed by atoms with Gasteiger partial charge in [-0.15, -0.1) is 0 Å². The van der Waals surface area contributed by atoms with Crippen LogP contribution in [0.25, 0.3) is 0 Å². The van der Waals surface area contributed by atoms with Gasteiger partial charge in [0.25, 0.3) is 0 Å². The molecule has 0 N–H and O–H groups in total. The van der Waals surface area contributed by atoms with E-state index in [1.807, 2.05) is 19.1 Å². The molecule has 29 heavy (non-hydrogen) atoms. The first-order valence-electron chi connectivity index (χ1n) is 10.3. The molecule has 0 aromatic heterocycles. The lowest BCUT2D eigenvalue weighted by Gasteiger charge is -2.26. The zero-order valence-corrected chi connectivity index (χ0v) is 17.2. The van der Waals surface area contributed by atoms with E-state index < -0.39 is 0 Å². The molecule has 2 aromatic rings. The molecule has 0 aliphatic carbocycles. The molecule has 6 heteroatoms. The minimum atomic E-state index is 0.286. The summed E-state index contributed by atoms with van der Waals surface area (Å²) in [6.07, 6.45) is 2.54. The molecule has 1 atom stereocenters. The molecule has 0 spiro atoms. The van der Waals surface area contributed by atoms with Crippen LogP contribution in [0.3, 0.4) is 0 Å². The number of benzene rings is 2. The lowest BCUT2D eigenvalue weighted by atomic mass is 10.1. The van der Waals surface area contributed by atoms with Crippen LogP contribution in [0.15, 0.2) is 36.4 Å². The van der Waals surface area contributed by atoms with Crippen molar-refractivity contribution in [3.8, 4) is 23.0 Å². The number of nitrogens with zero attached hydrogens (tertiary/aromatic N) is 1. The van der Waals surface area contributed by atoms with Crippen LogP contribution >= 0.6 is 0 Å². The maximum atomic E-state index is 5.90. The maximum absolute atomic E-state index is 5.90. The van der Waals surface area contributed by atoms with Crippen LogP contribution < -0.4 is 18.9 Å². The molecule has 0 amide bonds. The Kier molecular flexibility index (Phi) is 6.42. The fourth-order valence-electron chi connectivity index (χ4n) is 3.90. The SMILES string of the molecule is CCOc1ccc(CN(Cc2ccc3c(c2)OCO3)CC2CCCO2)cc1OC. The third-order valence-corrected chi connectivity index (χ3v) is 5.26. The molecular formula is C23H29NO5. The zero-order valence-electron chi connectivity index (χ0n) is 17.2. The Balaban J connectivity index is 1.50. The van der Waals surface area contributed by atoms with E-state index in [-0.39, 0.29) is 6.10 Å². The minimum Gasteiger partial charge on any atom is -0.493 e. The van der Waals surface area contributed by atoms with E-state index >= 15 is 0 Å². The molecule has 2 aliphatic rings. The molecule has 6 nitrogen and oxygen atoms in total. The number of hydrogen-bond donors (Lipinski definition) is 0. The van der Waals surface area contributed by atoms with Gasteiger partial charge >= 0.3 is 0 Å². The Morgan fingerprint density at radius 2 is 1.79 bits per heavy atom. The lowest BCUT2D eigenvalue weighted by molar-refractivity contribution is 0.0678. The summed E-state index contributed by atoms with van der Waals surface area (Å²) in [6.45, 7) is 6.25. The molecule has 1 fully saturated rings. The van der Waals surface area contributed by atoms with Crippen molar-refractivity contribution < 1.29 is 23.7 Å². The highest BCUT2D eigenvalue weighted by Gasteiger charge is 2.21. The standard InChI is InChI=1S/C23H29NO5/c1-3-26-20-8-6-17(11-22(20)25-2)13-24(15-19-5-4-10-27-19)14-18-7-9-21-23(12-18)29-16-28-21/h6-9,11-12,19H,3-5,10,13-16H2,1-2H3. The van der Waals surface area contributed by atoms with Crippen LogP contribution in [0.2, 0.25) is 0 Å². The fourth-order valence-corrected chi connectivity index (χ4v) is 3.90.